The number of hydrogen-bond donors (Lipinski definition) is 1. The Balaban J connectivity index is 2.69. The van der Waals surface area contributed by atoms with E-state index in [4.69, 9.17) is 0 Å². The van der Waals surface area contributed by atoms with Crippen LogP contribution in [0.4, 0.5) is 11.4 Å². The van der Waals surface area contributed by atoms with E-state index in [9.17, 15) is 10.1 Å². The van der Waals surface area contributed by atoms with Crippen LogP contribution in [-0.2, 0) is 6.54 Å². The molecule has 6 nitrogen and oxygen atoms in total. The van der Waals surface area contributed by atoms with Crippen molar-refractivity contribution >= 4 is 11.4 Å². The highest BCUT2D eigenvalue weighted by atomic mass is 16.6. The molecule has 1 N–H and O–H groups in total. The quantitative estimate of drug-likeness (QED) is 0.560. The molecule has 0 fully saturated rings. The van der Waals surface area contributed by atoms with Crippen LogP contribution in [0.25, 0.3) is 0 Å². The summed E-state index contributed by atoms with van der Waals surface area (Å²) >= 11 is 0. The summed E-state index contributed by atoms with van der Waals surface area (Å²) in [5, 5.41) is 13.8. The van der Waals surface area contributed by atoms with Crippen molar-refractivity contribution in [2.75, 3.05) is 46.1 Å². The van der Waals surface area contributed by atoms with Crippen LogP contribution in [0.1, 0.15) is 18.9 Å². The molecule has 21 heavy (non-hydrogen) atoms. The molecular weight excluding hydrogens is 268 g/mol. The summed E-state index contributed by atoms with van der Waals surface area (Å²) in [6, 6.07) is 5.29. The molecule has 1 aromatic rings. The molecular formula is C15H26N4O2. The second-order valence-electron chi connectivity index (χ2n) is 5.38. The Morgan fingerprint density at radius 2 is 2.00 bits per heavy atom. The Kier molecular flexibility index (Phi) is 7.11. The number of anilines is 1. The number of rotatable bonds is 9. The van der Waals surface area contributed by atoms with Crippen molar-refractivity contribution in [3.8, 4) is 0 Å². The van der Waals surface area contributed by atoms with E-state index in [0.29, 0.717) is 5.69 Å². The van der Waals surface area contributed by atoms with E-state index in [2.05, 4.69) is 36.1 Å². The second-order valence-corrected chi connectivity index (χ2v) is 5.38. The van der Waals surface area contributed by atoms with Gasteiger partial charge in [0.1, 0.15) is 5.69 Å². The van der Waals surface area contributed by atoms with E-state index in [1.807, 2.05) is 12.1 Å². The third-order valence-corrected chi connectivity index (χ3v) is 3.46. The number of nitrogens with zero attached hydrogens (tertiary/aromatic N) is 3. The van der Waals surface area contributed by atoms with E-state index < -0.39 is 0 Å². The van der Waals surface area contributed by atoms with Gasteiger partial charge in [0.15, 0.2) is 0 Å². The first-order chi connectivity index (χ1) is 9.97. The molecule has 118 valence electrons. The monoisotopic (exact) mass is 294 g/mol. The minimum absolute atomic E-state index is 0.122. The molecule has 1 rings (SSSR count). The minimum atomic E-state index is -0.357. The predicted molar refractivity (Wildman–Crippen MR) is 86.8 cm³/mol. The van der Waals surface area contributed by atoms with Crippen molar-refractivity contribution in [2.45, 2.75) is 19.9 Å². The first-order valence-corrected chi connectivity index (χ1v) is 7.30. The van der Waals surface area contributed by atoms with Crippen molar-refractivity contribution < 1.29 is 4.92 Å². The first kappa shape index (κ1) is 17.4. The minimum Gasteiger partial charge on any atom is -0.383 e. The highest BCUT2D eigenvalue weighted by Gasteiger charge is 2.13. The van der Waals surface area contributed by atoms with Crippen molar-refractivity contribution in [1.82, 2.24) is 9.80 Å². The summed E-state index contributed by atoms with van der Waals surface area (Å²) in [6.45, 7) is 6.02. The largest absolute Gasteiger partial charge is 0.383 e. The molecule has 1 aromatic carbocycles. The van der Waals surface area contributed by atoms with Crippen LogP contribution in [0, 0.1) is 10.1 Å². The average Bonchev–Trinajstić information content (AvgIpc) is 2.45. The lowest BCUT2D eigenvalue weighted by Crippen LogP contribution is -2.26. The zero-order chi connectivity index (χ0) is 15.8. The van der Waals surface area contributed by atoms with Crippen LogP contribution >= 0.6 is 0 Å². The molecule has 0 aliphatic heterocycles. The lowest BCUT2D eigenvalue weighted by atomic mass is 10.1. The summed E-state index contributed by atoms with van der Waals surface area (Å²) in [6.07, 6.45) is 1.12. The maximum absolute atomic E-state index is 10.9. The van der Waals surface area contributed by atoms with Gasteiger partial charge in [-0.1, -0.05) is 13.0 Å². The van der Waals surface area contributed by atoms with E-state index in [1.165, 1.54) is 0 Å². The number of nitro benzene ring substituents is 1. The molecule has 0 spiro atoms. The number of nitrogens with one attached hydrogen (secondary N) is 1. The molecule has 0 aromatic heterocycles. The van der Waals surface area contributed by atoms with Crippen molar-refractivity contribution in [2.24, 2.45) is 0 Å². The van der Waals surface area contributed by atoms with E-state index in [0.717, 1.165) is 38.2 Å². The van der Waals surface area contributed by atoms with Crippen molar-refractivity contribution in [1.29, 1.82) is 0 Å². The highest BCUT2D eigenvalue weighted by Crippen LogP contribution is 2.25. The Morgan fingerprint density at radius 3 is 2.52 bits per heavy atom. The maximum atomic E-state index is 10.9. The molecule has 0 aliphatic rings. The van der Waals surface area contributed by atoms with Crippen LogP contribution in [0.2, 0.25) is 0 Å². The van der Waals surface area contributed by atoms with Gasteiger partial charge in [0, 0.05) is 19.7 Å². The Morgan fingerprint density at radius 1 is 1.29 bits per heavy atom. The molecule has 0 aliphatic carbocycles. The van der Waals surface area contributed by atoms with E-state index in [-0.39, 0.29) is 10.6 Å². The van der Waals surface area contributed by atoms with Crippen molar-refractivity contribution in [3.05, 3.63) is 33.9 Å². The first-order valence-electron chi connectivity index (χ1n) is 7.30. The third-order valence-electron chi connectivity index (χ3n) is 3.46. The summed E-state index contributed by atoms with van der Waals surface area (Å²) in [5.41, 5.74) is 1.79. The van der Waals surface area contributed by atoms with Crippen LogP contribution in [0.5, 0.6) is 0 Å². The number of benzene rings is 1. The smallest absolute Gasteiger partial charge is 0.292 e. The van der Waals surface area contributed by atoms with Gasteiger partial charge in [-0.25, -0.2) is 0 Å². The molecule has 0 bridgehead atoms. The maximum Gasteiger partial charge on any atom is 0.292 e. The summed E-state index contributed by atoms with van der Waals surface area (Å²) in [7, 11) is 5.86. The SMILES string of the molecule is CCN(CCCN(C)C)Cc1ccc([N+](=O)[O-])c(NC)c1. The average molecular weight is 294 g/mol. The van der Waals surface area contributed by atoms with Crippen LogP contribution in [0.3, 0.4) is 0 Å². The zero-order valence-corrected chi connectivity index (χ0v) is 13.4. The fraction of sp³-hybridized carbons (Fsp3) is 0.600. The number of nitro groups is 1. The Bertz CT molecular complexity index is 463. The van der Waals surface area contributed by atoms with Gasteiger partial charge in [0.25, 0.3) is 5.69 Å². The third kappa shape index (κ3) is 5.69. The lowest BCUT2D eigenvalue weighted by Gasteiger charge is -2.21. The molecule has 0 saturated heterocycles. The fourth-order valence-electron chi connectivity index (χ4n) is 2.26. The van der Waals surface area contributed by atoms with Gasteiger partial charge in [-0.15, -0.1) is 0 Å². The molecule has 0 amide bonds. The lowest BCUT2D eigenvalue weighted by molar-refractivity contribution is -0.384. The van der Waals surface area contributed by atoms with E-state index in [1.54, 1.807) is 13.1 Å². The molecule has 0 atom stereocenters. The molecule has 0 unspecified atom stereocenters. The van der Waals surface area contributed by atoms with Crippen LogP contribution < -0.4 is 5.32 Å². The Labute approximate surface area is 126 Å². The van der Waals surface area contributed by atoms with E-state index >= 15 is 0 Å². The van der Waals surface area contributed by atoms with Gasteiger partial charge in [0.2, 0.25) is 0 Å². The fourth-order valence-corrected chi connectivity index (χ4v) is 2.26. The molecule has 0 radical (unpaired) electrons. The van der Waals surface area contributed by atoms with Gasteiger partial charge in [-0.3, -0.25) is 15.0 Å². The van der Waals surface area contributed by atoms with Crippen LogP contribution in [0.15, 0.2) is 18.2 Å². The number of hydrogen-bond acceptors (Lipinski definition) is 5. The highest BCUT2D eigenvalue weighted by molar-refractivity contribution is 5.62. The second kappa shape index (κ2) is 8.59. The normalized spacial score (nSPS) is 11.1. The van der Waals surface area contributed by atoms with Gasteiger partial charge in [0.05, 0.1) is 4.92 Å². The van der Waals surface area contributed by atoms with Gasteiger partial charge < -0.3 is 10.2 Å². The standard InChI is InChI=1S/C15H26N4O2/c1-5-18(10-6-9-17(3)4)12-13-7-8-15(19(20)21)14(11-13)16-2/h7-8,11,16H,5-6,9-10,12H2,1-4H3. The summed E-state index contributed by atoms with van der Waals surface area (Å²) < 4.78 is 0. The molecule has 0 saturated carbocycles. The predicted octanol–water partition coefficient (Wildman–Crippen LogP) is 2.41. The molecule has 6 heteroatoms. The van der Waals surface area contributed by atoms with Crippen LogP contribution in [-0.4, -0.2) is 55.5 Å². The zero-order valence-electron chi connectivity index (χ0n) is 13.4. The summed E-state index contributed by atoms with van der Waals surface area (Å²) in [4.78, 5) is 15.1. The molecule has 0 heterocycles. The van der Waals surface area contributed by atoms with Gasteiger partial charge in [-0.2, -0.15) is 0 Å². The van der Waals surface area contributed by atoms with Gasteiger partial charge >= 0.3 is 0 Å². The Hall–Kier alpha value is -1.66. The van der Waals surface area contributed by atoms with Crippen molar-refractivity contribution in [3.63, 3.8) is 0 Å². The summed E-state index contributed by atoms with van der Waals surface area (Å²) in [5.74, 6) is 0. The topological polar surface area (TPSA) is 61.7 Å². The van der Waals surface area contributed by atoms with Gasteiger partial charge in [-0.05, 0) is 51.8 Å².